The molecule has 4 nitrogen and oxygen atoms in total. The molecule has 1 amide bonds. The molecule has 0 radical (unpaired) electrons. The van der Waals surface area contributed by atoms with Gasteiger partial charge in [-0.05, 0) is 29.4 Å². The van der Waals surface area contributed by atoms with Crippen molar-refractivity contribution in [3.63, 3.8) is 0 Å². The molecule has 1 aliphatic rings. The molecular weight excluding hydrogens is 322 g/mol. The SMILES string of the molecule is CC(C)CC(=O)N(Cc1ccc(C(C)C)cc1)[C@@H]1CCS(=O)(=O)C1. The van der Waals surface area contributed by atoms with E-state index in [1.165, 1.54) is 5.56 Å². The van der Waals surface area contributed by atoms with E-state index in [9.17, 15) is 13.2 Å². The highest BCUT2D eigenvalue weighted by atomic mass is 32.2. The van der Waals surface area contributed by atoms with Crippen LogP contribution >= 0.6 is 0 Å². The van der Waals surface area contributed by atoms with Gasteiger partial charge in [0, 0.05) is 19.0 Å². The smallest absolute Gasteiger partial charge is 0.223 e. The van der Waals surface area contributed by atoms with Gasteiger partial charge in [0.15, 0.2) is 9.84 Å². The van der Waals surface area contributed by atoms with Crippen LogP contribution in [-0.2, 0) is 21.2 Å². The predicted molar refractivity (Wildman–Crippen MR) is 97.6 cm³/mol. The van der Waals surface area contributed by atoms with Gasteiger partial charge < -0.3 is 4.90 Å². The van der Waals surface area contributed by atoms with E-state index >= 15 is 0 Å². The van der Waals surface area contributed by atoms with Crippen molar-refractivity contribution in [1.29, 1.82) is 0 Å². The van der Waals surface area contributed by atoms with E-state index in [1.54, 1.807) is 4.90 Å². The van der Waals surface area contributed by atoms with Crippen LogP contribution in [0.2, 0.25) is 0 Å². The number of nitrogens with zero attached hydrogens (tertiary/aromatic N) is 1. The number of benzene rings is 1. The molecular formula is C19H29NO3S. The standard InChI is InChI=1S/C19H29NO3S/c1-14(2)11-19(21)20(18-9-10-24(22,23)13-18)12-16-5-7-17(8-6-16)15(3)4/h5-8,14-15,18H,9-13H2,1-4H3/t18-/m1/s1. The van der Waals surface area contributed by atoms with Crippen LogP contribution in [0.4, 0.5) is 0 Å². The molecule has 0 saturated carbocycles. The van der Waals surface area contributed by atoms with Gasteiger partial charge in [0.2, 0.25) is 5.91 Å². The maximum Gasteiger partial charge on any atom is 0.223 e. The number of carbonyl (C=O) groups excluding carboxylic acids is 1. The normalized spacial score (nSPS) is 19.8. The van der Waals surface area contributed by atoms with Gasteiger partial charge in [0.25, 0.3) is 0 Å². The molecule has 0 N–H and O–H groups in total. The van der Waals surface area contributed by atoms with Crippen molar-refractivity contribution in [2.24, 2.45) is 5.92 Å². The lowest BCUT2D eigenvalue weighted by molar-refractivity contribution is -0.134. The van der Waals surface area contributed by atoms with Crippen LogP contribution in [0.25, 0.3) is 0 Å². The zero-order valence-electron chi connectivity index (χ0n) is 15.2. The van der Waals surface area contributed by atoms with Gasteiger partial charge in [0.1, 0.15) is 0 Å². The van der Waals surface area contributed by atoms with Crippen molar-refractivity contribution in [3.05, 3.63) is 35.4 Å². The second-order valence-corrected chi connectivity index (χ2v) is 9.80. The Bertz CT molecular complexity index is 662. The molecule has 0 spiro atoms. The van der Waals surface area contributed by atoms with Gasteiger partial charge >= 0.3 is 0 Å². The third-order valence-electron chi connectivity index (χ3n) is 4.55. The minimum Gasteiger partial charge on any atom is -0.334 e. The fraction of sp³-hybridized carbons (Fsp3) is 0.632. The zero-order valence-corrected chi connectivity index (χ0v) is 16.0. The molecule has 0 unspecified atom stereocenters. The summed E-state index contributed by atoms with van der Waals surface area (Å²) >= 11 is 0. The first-order valence-corrected chi connectivity index (χ1v) is 10.6. The minimum absolute atomic E-state index is 0.0556. The monoisotopic (exact) mass is 351 g/mol. The van der Waals surface area contributed by atoms with Crippen molar-refractivity contribution in [2.75, 3.05) is 11.5 Å². The number of amides is 1. The third kappa shape index (κ3) is 5.07. The lowest BCUT2D eigenvalue weighted by Crippen LogP contribution is -2.41. The maximum atomic E-state index is 12.7. The van der Waals surface area contributed by atoms with E-state index in [2.05, 4.69) is 38.1 Å². The number of hydrogen-bond donors (Lipinski definition) is 0. The summed E-state index contributed by atoms with van der Waals surface area (Å²) in [7, 11) is -3.01. The molecule has 5 heteroatoms. The highest BCUT2D eigenvalue weighted by molar-refractivity contribution is 7.91. The maximum absolute atomic E-state index is 12.7. The summed E-state index contributed by atoms with van der Waals surface area (Å²) in [6.45, 7) is 8.82. The van der Waals surface area contributed by atoms with Crippen LogP contribution in [-0.4, -0.2) is 36.8 Å². The molecule has 0 aromatic heterocycles. The van der Waals surface area contributed by atoms with E-state index in [0.29, 0.717) is 25.3 Å². The molecule has 1 saturated heterocycles. The molecule has 1 fully saturated rings. The lowest BCUT2D eigenvalue weighted by atomic mass is 10.0. The average molecular weight is 352 g/mol. The van der Waals surface area contributed by atoms with Crippen molar-refractivity contribution in [3.8, 4) is 0 Å². The van der Waals surface area contributed by atoms with Crippen molar-refractivity contribution in [2.45, 2.75) is 59.0 Å². The molecule has 1 heterocycles. The van der Waals surface area contributed by atoms with Crippen LogP contribution in [0.5, 0.6) is 0 Å². The number of rotatable bonds is 6. The quantitative estimate of drug-likeness (QED) is 0.789. The Morgan fingerprint density at radius 2 is 1.79 bits per heavy atom. The Hall–Kier alpha value is -1.36. The molecule has 1 aromatic carbocycles. The Kier molecular flexibility index (Phi) is 6.07. The van der Waals surface area contributed by atoms with Crippen molar-refractivity contribution in [1.82, 2.24) is 4.90 Å². The molecule has 1 aliphatic heterocycles. The first-order chi connectivity index (χ1) is 11.2. The number of sulfone groups is 1. The van der Waals surface area contributed by atoms with Crippen molar-refractivity contribution < 1.29 is 13.2 Å². The van der Waals surface area contributed by atoms with Gasteiger partial charge in [-0.2, -0.15) is 0 Å². The van der Waals surface area contributed by atoms with Crippen LogP contribution in [0, 0.1) is 5.92 Å². The number of hydrogen-bond acceptors (Lipinski definition) is 3. The van der Waals surface area contributed by atoms with Gasteiger partial charge in [-0.1, -0.05) is 52.0 Å². The Morgan fingerprint density at radius 3 is 2.25 bits per heavy atom. The first kappa shape index (κ1) is 19.0. The summed E-state index contributed by atoms with van der Waals surface area (Å²) in [5.41, 5.74) is 2.32. The summed E-state index contributed by atoms with van der Waals surface area (Å²) in [6, 6.07) is 8.10. The molecule has 0 aliphatic carbocycles. The zero-order chi connectivity index (χ0) is 17.9. The first-order valence-electron chi connectivity index (χ1n) is 8.76. The van der Waals surface area contributed by atoms with Crippen LogP contribution in [0.1, 0.15) is 57.6 Å². The summed E-state index contributed by atoms with van der Waals surface area (Å²) in [4.78, 5) is 14.4. The largest absolute Gasteiger partial charge is 0.334 e. The molecule has 134 valence electrons. The van der Waals surface area contributed by atoms with Gasteiger partial charge in [-0.15, -0.1) is 0 Å². The fourth-order valence-corrected chi connectivity index (χ4v) is 4.84. The Labute approximate surface area is 146 Å². The second-order valence-electron chi connectivity index (χ2n) is 7.57. The van der Waals surface area contributed by atoms with Crippen LogP contribution < -0.4 is 0 Å². The summed E-state index contributed by atoms with van der Waals surface area (Å²) in [6.07, 6.45) is 1.01. The van der Waals surface area contributed by atoms with Gasteiger partial charge in [-0.25, -0.2) is 8.42 Å². The van der Waals surface area contributed by atoms with Crippen LogP contribution in [0.3, 0.4) is 0 Å². The molecule has 1 atom stereocenters. The summed E-state index contributed by atoms with van der Waals surface area (Å²) < 4.78 is 23.6. The second kappa shape index (κ2) is 7.68. The predicted octanol–water partition coefficient (Wildman–Crippen LogP) is 3.37. The Morgan fingerprint density at radius 1 is 1.17 bits per heavy atom. The Balaban J connectivity index is 2.17. The highest BCUT2D eigenvalue weighted by Gasteiger charge is 2.34. The third-order valence-corrected chi connectivity index (χ3v) is 6.30. The van der Waals surface area contributed by atoms with Crippen molar-refractivity contribution >= 4 is 15.7 Å². The fourth-order valence-electron chi connectivity index (χ4n) is 3.11. The molecule has 1 aromatic rings. The van der Waals surface area contributed by atoms with E-state index in [1.807, 2.05) is 13.8 Å². The van der Waals surface area contributed by atoms with Gasteiger partial charge in [0.05, 0.1) is 11.5 Å². The van der Waals surface area contributed by atoms with E-state index in [-0.39, 0.29) is 29.4 Å². The van der Waals surface area contributed by atoms with E-state index in [4.69, 9.17) is 0 Å². The topological polar surface area (TPSA) is 54.5 Å². The van der Waals surface area contributed by atoms with Crippen LogP contribution in [0.15, 0.2) is 24.3 Å². The lowest BCUT2D eigenvalue weighted by Gasteiger charge is -2.29. The molecule has 24 heavy (non-hydrogen) atoms. The highest BCUT2D eigenvalue weighted by Crippen LogP contribution is 2.23. The van der Waals surface area contributed by atoms with E-state index in [0.717, 1.165) is 5.56 Å². The summed E-state index contributed by atoms with van der Waals surface area (Å²) in [5.74, 6) is 1.08. The summed E-state index contributed by atoms with van der Waals surface area (Å²) in [5, 5.41) is 0. The minimum atomic E-state index is -3.01. The average Bonchev–Trinajstić information content (AvgIpc) is 2.84. The van der Waals surface area contributed by atoms with E-state index < -0.39 is 9.84 Å². The number of carbonyl (C=O) groups is 1. The molecule has 0 bridgehead atoms. The van der Waals surface area contributed by atoms with Gasteiger partial charge in [-0.3, -0.25) is 4.79 Å². The molecule has 2 rings (SSSR count).